The van der Waals surface area contributed by atoms with E-state index in [1.54, 1.807) is 12.1 Å². The highest BCUT2D eigenvalue weighted by molar-refractivity contribution is 5.91. The molecular weight excluding hydrogens is 309 g/mol. The minimum absolute atomic E-state index is 0.0184. The predicted molar refractivity (Wildman–Crippen MR) is 88.9 cm³/mol. The maximum Gasteiger partial charge on any atom is 0.225 e. The van der Waals surface area contributed by atoms with Crippen LogP contribution >= 0.6 is 0 Å². The molecule has 1 aliphatic heterocycles. The van der Waals surface area contributed by atoms with E-state index in [0.717, 1.165) is 31.0 Å². The van der Waals surface area contributed by atoms with Crippen molar-refractivity contribution < 1.29 is 9.18 Å². The van der Waals surface area contributed by atoms with Gasteiger partial charge in [0, 0.05) is 31.1 Å². The van der Waals surface area contributed by atoms with Gasteiger partial charge in [-0.1, -0.05) is 6.07 Å². The van der Waals surface area contributed by atoms with Gasteiger partial charge in [-0.3, -0.25) is 4.79 Å². The molecule has 1 aromatic carbocycles. The minimum Gasteiger partial charge on any atom is -0.326 e. The fraction of sp³-hybridized carbons (Fsp3) is 0.471. The Bertz CT molecular complexity index is 715. The summed E-state index contributed by atoms with van der Waals surface area (Å²) in [4.78, 5) is 12.0. The second kappa shape index (κ2) is 7.53. The Morgan fingerprint density at radius 2 is 2.25 bits per heavy atom. The Kier molecular flexibility index (Phi) is 5.20. The molecule has 24 heavy (non-hydrogen) atoms. The third kappa shape index (κ3) is 4.17. The van der Waals surface area contributed by atoms with Crippen LogP contribution in [0.2, 0.25) is 0 Å². The average Bonchev–Trinajstić information content (AvgIpc) is 2.96. The number of fused-ring (bicyclic) bond motifs is 1. The summed E-state index contributed by atoms with van der Waals surface area (Å²) >= 11 is 0. The summed E-state index contributed by atoms with van der Waals surface area (Å²) in [6.45, 7) is 3.49. The van der Waals surface area contributed by atoms with Crippen LogP contribution in [-0.2, 0) is 24.3 Å². The number of amides is 1. The topological polar surface area (TPSA) is 71.8 Å². The highest BCUT2D eigenvalue weighted by atomic mass is 19.1. The molecule has 6 nitrogen and oxygen atoms in total. The Morgan fingerprint density at radius 1 is 1.38 bits per heavy atom. The highest BCUT2D eigenvalue weighted by Crippen LogP contribution is 2.14. The number of aromatic nitrogens is 3. The Hall–Kier alpha value is -2.28. The number of nitrogens with zero attached hydrogens (tertiary/aromatic N) is 3. The normalized spacial score (nSPS) is 14.9. The van der Waals surface area contributed by atoms with Gasteiger partial charge in [0.05, 0.1) is 6.54 Å². The van der Waals surface area contributed by atoms with Crippen LogP contribution in [0.25, 0.3) is 0 Å². The van der Waals surface area contributed by atoms with Gasteiger partial charge in [0.2, 0.25) is 5.91 Å². The first kappa shape index (κ1) is 16.6. The lowest BCUT2D eigenvalue weighted by molar-refractivity contribution is -0.116. The summed E-state index contributed by atoms with van der Waals surface area (Å²) in [5.74, 6) is 1.45. The third-order valence-electron chi connectivity index (χ3n) is 4.14. The molecule has 0 saturated carbocycles. The molecule has 3 rings (SSSR count). The van der Waals surface area contributed by atoms with Crippen molar-refractivity contribution in [1.82, 2.24) is 20.1 Å². The second-order valence-corrected chi connectivity index (χ2v) is 6.19. The number of hydrogen-bond donors (Lipinski definition) is 2. The van der Waals surface area contributed by atoms with E-state index in [9.17, 15) is 9.18 Å². The van der Waals surface area contributed by atoms with Gasteiger partial charge in [-0.05, 0) is 38.0 Å². The first-order valence-electron chi connectivity index (χ1n) is 8.31. The number of benzene rings is 1. The van der Waals surface area contributed by atoms with Gasteiger partial charge in [-0.15, -0.1) is 10.2 Å². The van der Waals surface area contributed by atoms with Crippen molar-refractivity contribution in [3.8, 4) is 0 Å². The van der Waals surface area contributed by atoms with E-state index in [4.69, 9.17) is 0 Å². The van der Waals surface area contributed by atoms with Crippen molar-refractivity contribution in [2.24, 2.45) is 0 Å². The Morgan fingerprint density at radius 3 is 3.08 bits per heavy atom. The van der Waals surface area contributed by atoms with E-state index in [2.05, 4.69) is 25.4 Å². The Balaban J connectivity index is 1.48. The first-order valence-corrected chi connectivity index (χ1v) is 8.31. The summed E-state index contributed by atoms with van der Waals surface area (Å²) in [6.07, 6.45) is 3.61. The molecule has 0 radical (unpaired) electrons. The van der Waals surface area contributed by atoms with E-state index in [1.807, 2.05) is 6.92 Å². The zero-order valence-electron chi connectivity index (χ0n) is 13.8. The number of carbonyl (C=O) groups excluding carboxylic acids is 1. The van der Waals surface area contributed by atoms with Crippen LogP contribution in [-0.4, -0.2) is 26.7 Å². The molecule has 1 amide bonds. The van der Waals surface area contributed by atoms with Gasteiger partial charge in [-0.2, -0.15) is 0 Å². The molecule has 7 heteroatoms. The highest BCUT2D eigenvalue weighted by Gasteiger charge is 2.16. The van der Waals surface area contributed by atoms with Crippen LogP contribution < -0.4 is 10.6 Å². The summed E-state index contributed by atoms with van der Waals surface area (Å²) in [7, 11) is 0. The number of carbonyl (C=O) groups is 1. The van der Waals surface area contributed by atoms with Crippen LogP contribution in [0.4, 0.5) is 10.1 Å². The number of nitrogens with one attached hydrogen (secondary N) is 2. The molecule has 2 heterocycles. The summed E-state index contributed by atoms with van der Waals surface area (Å²) < 4.78 is 15.3. The summed E-state index contributed by atoms with van der Waals surface area (Å²) in [6, 6.07) is 5.87. The van der Waals surface area contributed by atoms with Gasteiger partial charge in [-0.25, -0.2) is 4.39 Å². The van der Waals surface area contributed by atoms with E-state index in [1.165, 1.54) is 18.6 Å². The molecule has 1 unspecified atom stereocenters. The van der Waals surface area contributed by atoms with Crippen molar-refractivity contribution in [3.63, 3.8) is 0 Å². The Labute approximate surface area is 140 Å². The fourth-order valence-electron chi connectivity index (χ4n) is 2.89. The van der Waals surface area contributed by atoms with Crippen LogP contribution in [0.3, 0.4) is 0 Å². The maximum atomic E-state index is 13.1. The molecule has 1 aromatic heterocycles. The van der Waals surface area contributed by atoms with Gasteiger partial charge < -0.3 is 15.2 Å². The molecular formula is C17H22FN5O. The van der Waals surface area contributed by atoms with Crippen molar-refractivity contribution in [2.45, 2.75) is 51.7 Å². The average molecular weight is 331 g/mol. The summed E-state index contributed by atoms with van der Waals surface area (Å²) in [5, 5.41) is 14.5. The predicted octanol–water partition coefficient (Wildman–Crippen LogP) is 2.26. The third-order valence-corrected chi connectivity index (χ3v) is 4.14. The minimum atomic E-state index is -0.365. The van der Waals surface area contributed by atoms with Crippen LogP contribution in [0.5, 0.6) is 0 Å². The molecule has 0 aliphatic carbocycles. The van der Waals surface area contributed by atoms with Crippen LogP contribution in [0, 0.1) is 5.82 Å². The zero-order valence-corrected chi connectivity index (χ0v) is 13.8. The van der Waals surface area contributed by atoms with E-state index in [-0.39, 0.29) is 17.8 Å². The zero-order chi connectivity index (χ0) is 16.9. The number of anilines is 1. The second-order valence-electron chi connectivity index (χ2n) is 6.19. The van der Waals surface area contributed by atoms with Crippen molar-refractivity contribution in [3.05, 3.63) is 41.7 Å². The molecule has 128 valence electrons. The van der Waals surface area contributed by atoms with Crippen molar-refractivity contribution in [1.29, 1.82) is 0 Å². The quantitative estimate of drug-likeness (QED) is 0.852. The van der Waals surface area contributed by atoms with Gasteiger partial charge >= 0.3 is 0 Å². The molecule has 0 fully saturated rings. The number of rotatable bonds is 6. The SMILES string of the molecule is CC(CC(=O)Nc1cccc(F)c1)NCc1nnc2n1CCCC2. The number of aryl methyl sites for hydroxylation is 1. The molecule has 1 aliphatic rings. The molecule has 1 atom stereocenters. The van der Waals surface area contributed by atoms with Gasteiger partial charge in [0.1, 0.15) is 17.5 Å². The van der Waals surface area contributed by atoms with E-state index < -0.39 is 0 Å². The smallest absolute Gasteiger partial charge is 0.225 e. The molecule has 2 N–H and O–H groups in total. The largest absolute Gasteiger partial charge is 0.326 e. The number of hydrogen-bond acceptors (Lipinski definition) is 4. The van der Waals surface area contributed by atoms with Crippen molar-refractivity contribution in [2.75, 3.05) is 5.32 Å². The molecule has 0 spiro atoms. The van der Waals surface area contributed by atoms with E-state index in [0.29, 0.717) is 18.7 Å². The lowest BCUT2D eigenvalue weighted by atomic mass is 10.1. The monoisotopic (exact) mass is 331 g/mol. The number of halogens is 1. The lowest BCUT2D eigenvalue weighted by Gasteiger charge is -2.17. The fourth-order valence-corrected chi connectivity index (χ4v) is 2.89. The molecule has 2 aromatic rings. The van der Waals surface area contributed by atoms with E-state index >= 15 is 0 Å². The van der Waals surface area contributed by atoms with Crippen molar-refractivity contribution >= 4 is 11.6 Å². The van der Waals surface area contributed by atoms with Crippen LogP contribution in [0.1, 0.15) is 37.8 Å². The summed E-state index contributed by atoms with van der Waals surface area (Å²) in [5.41, 5.74) is 0.471. The van der Waals surface area contributed by atoms with Gasteiger partial charge in [0.15, 0.2) is 0 Å². The molecule has 0 bridgehead atoms. The van der Waals surface area contributed by atoms with Gasteiger partial charge in [0.25, 0.3) is 0 Å². The molecule has 0 saturated heterocycles. The maximum absolute atomic E-state index is 13.1. The lowest BCUT2D eigenvalue weighted by Crippen LogP contribution is -2.31. The van der Waals surface area contributed by atoms with Crippen LogP contribution in [0.15, 0.2) is 24.3 Å². The first-order chi connectivity index (χ1) is 11.6. The standard InChI is InChI=1S/C17H22FN5O/c1-12(9-17(24)20-14-6-4-5-13(18)10-14)19-11-16-22-21-15-7-2-3-8-23(15)16/h4-6,10,12,19H,2-3,7-9,11H2,1H3,(H,20,24).